The van der Waals surface area contributed by atoms with Crippen molar-refractivity contribution in [3.63, 3.8) is 0 Å². The summed E-state index contributed by atoms with van der Waals surface area (Å²) in [7, 11) is -4.71. The van der Waals surface area contributed by atoms with Crippen LogP contribution in [0.15, 0.2) is 29.2 Å². The highest BCUT2D eigenvalue weighted by Crippen LogP contribution is 2.40. The van der Waals surface area contributed by atoms with Crippen molar-refractivity contribution in [3.05, 3.63) is 24.3 Å². The van der Waals surface area contributed by atoms with Crippen LogP contribution in [-0.4, -0.2) is 31.0 Å². The van der Waals surface area contributed by atoms with Crippen LogP contribution in [0.25, 0.3) is 0 Å². The Labute approximate surface area is 139 Å². The van der Waals surface area contributed by atoms with E-state index in [0.29, 0.717) is 13.8 Å². The number of nitrogens with one attached hydrogen (secondary N) is 1. The van der Waals surface area contributed by atoms with E-state index >= 15 is 0 Å². The molecule has 0 heterocycles. The number of carbonyl (C=O) groups is 1. The molecule has 0 aliphatic heterocycles. The van der Waals surface area contributed by atoms with Crippen LogP contribution in [0.1, 0.15) is 34.6 Å². The zero-order chi connectivity index (χ0) is 19.0. The van der Waals surface area contributed by atoms with Crippen LogP contribution in [0.2, 0.25) is 0 Å². The molecule has 136 valence electrons. The second-order valence-electron chi connectivity index (χ2n) is 6.67. The lowest BCUT2D eigenvalue weighted by molar-refractivity contribution is -0.153. The molecule has 0 fully saturated rings. The third kappa shape index (κ3) is 4.40. The minimum Gasteiger partial charge on any atom is -0.444 e. The molecule has 0 unspecified atom stereocenters. The third-order valence-corrected chi connectivity index (χ3v) is 5.59. The van der Waals surface area contributed by atoms with Gasteiger partial charge in [-0.15, -0.1) is 0 Å². The van der Waals surface area contributed by atoms with E-state index in [1.54, 1.807) is 20.8 Å². The summed E-state index contributed by atoms with van der Waals surface area (Å²) in [6, 6.07) is 4.60. The van der Waals surface area contributed by atoms with E-state index in [2.05, 4.69) is 5.32 Å². The average Bonchev–Trinajstić information content (AvgIpc) is 2.34. The van der Waals surface area contributed by atoms with Gasteiger partial charge in [0.15, 0.2) is 14.6 Å². The lowest BCUT2D eigenvalue weighted by atomic mass is 10.2. The Bertz CT molecular complexity index is 719. The quantitative estimate of drug-likeness (QED) is 0.871. The molecule has 5 nitrogen and oxygen atoms in total. The van der Waals surface area contributed by atoms with Crippen molar-refractivity contribution in [2.24, 2.45) is 0 Å². The van der Waals surface area contributed by atoms with E-state index in [9.17, 15) is 26.4 Å². The molecule has 0 saturated heterocycles. The van der Waals surface area contributed by atoms with Crippen molar-refractivity contribution >= 4 is 21.6 Å². The minimum atomic E-state index is -4.94. The van der Waals surface area contributed by atoms with Crippen LogP contribution < -0.4 is 5.32 Å². The molecule has 24 heavy (non-hydrogen) atoms. The predicted molar refractivity (Wildman–Crippen MR) is 83.6 cm³/mol. The Kier molecular flexibility index (Phi) is 5.30. The summed E-state index contributed by atoms with van der Waals surface area (Å²) in [5, 5.41) is 2.29. The standard InChI is InChI=1S/C15H20F3NO4S/c1-13(2,3)23-12(20)19-10-7-6-8-11(9-10)24(21,22)14(4,5)15(16,17)18/h6-9H,1-5H3,(H,19,20). The van der Waals surface area contributed by atoms with Gasteiger partial charge in [0.2, 0.25) is 0 Å². The lowest BCUT2D eigenvalue weighted by Crippen LogP contribution is -2.46. The number of halogens is 3. The van der Waals surface area contributed by atoms with Crippen LogP contribution in [0, 0.1) is 0 Å². The molecule has 1 N–H and O–H groups in total. The molecule has 0 spiro atoms. The van der Waals surface area contributed by atoms with Gasteiger partial charge in [0.25, 0.3) is 0 Å². The van der Waals surface area contributed by atoms with Gasteiger partial charge in [-0.25, -0.2) is 13.2 Å². The third-order valence-electron chi connectivity index (χ3n) is 3.14. The summed E-state index contributed by atoms with van der Waals surface area (Å²) in [6.45, 7) is 6.10. The number of anilines is 1. The summed E-state index contributed by atoms with van der Waals surface area (Å²) in [5.74, 6) is 0. The highest BCUT2D eigenvalue weighted by atomic mass is 32.2. The number of hydrogen-bond donors (Lipinski definition) is 1. The van der Waals surface area contributed by atoms with Gasteiger partial charge in [-0.2, -0.15) is 13.2 Å². The Morgan fingerprint density at radius 2 is 1.62 bits per heavy atom. The number of benzene rings is 1. The number of ether oxygens (including phenoxy) is 1. The molecule has 0 aliphatic carbocycles. The fourth-order valence-corrected chi connectivity index (χ4v) is 3.04. The second kappa shape index (κ2) is 6.27. The first-order valence-corrected chi connectivity index (χ1v) is 8.48. The summed E-state index contributed by atoms with van der Waals surface area (Å²) >= 11 is 0. The zero-order valence-electron chi connectivity index (χ0n) is 14.0. The topological polar surface area (TPSA) is 72.5 Å². The Morgan fingerprint density at radius 1 is 1.08 bits per heavy atom. The van der Waals surface area contributed by atoms with E-state index in [1.807, 2.05) is 0 Å². The van der Waals surface area contributed by atoms with Gasteiger partial charge in [-0.1, -0.05) is 6.07 Å². The van der Waals surface area contributed by atoms with Crippen LogP contribution >= 0.6 is 0 Å². The first-order chi connectivity index (χ1) is 10.6. The van der Waals surface area contributed by atoms with Crippen molar-refractivity contribution in [2.45, 2.75) is 56.0 Å². The molecule has 0 bridgehead atoms. The van der Waals surface area contributed by atoms with Gasteiger partial charge in [-0.3, -0.25) is 5.32 Å². The fraction of sp³-hybridized carbons (Fsp3) is 0.533. The number of amides is 1. The highest BCUT2D eigenvalue weighted by molar-refractivity contribution is 7.92. The molecule has 0 aliphatic rings. The molecule has 0 saturated carbocycles. The molecular weight excluding hydrogens is 347 g/mol. The van der Waals surface area contributed by atoms with E-state index in [1.165, 1.54) is 12.1 Å². The molecule has 1 amide bonds. The average molecular weight is 367 g/mol. The lowest BCUT2D eigenvalue weighted by Gasteiger charge is -2.27. The van der Waals surface area contributed by atoms with Crippen molar-refractivity contribution in [1.29, 1.82) is 0 Å². The molecule has 0 atom stereocenters. The number of alkyl halides is 3. The molecule has 0 aromatic heterocycles. The largest absolute Gasteiger partial charge is 0.444 e. The van der Waals surface area contributed by atoms with Gasteiger partial charge >= 0.3 is 12.3 Å². The van der Waals surface area contributed by atoms with E-state index in [-0.39, 0.29) is 5.69 Å². The first-order valence-electron chi connectivity index (χ1n) is 6.99. The maximum Gasteiger partial charge on any atom is 0.412 e. The van der Waals surface area contributed by atoms with Crippen LogP contribution in [0.5, 0.6) is 0 Å². The van der Waals surface area contributed by atoms with Crippen molar-refractivity contribution in [1.82, 2.24) is 0 Å². The monoisotopic (exact) mass is 367 g/mol. The Hall–Kier alpha value is -1.77. The van der Waals surface area contributed by atoms with Crippen molar-refractivity contribution in [3.8, 4) is 0 Å². The Morgan fingerprint density at radius 3 is 2.08 bits per heavy atom. The van der Waals surface area contributed by atoms with Gasteiger partial charge in [0.1, 0.15) is 5.60 Å². The van der Waals surface area contributed by atoms with E-state index in [0.717, 1.165) is 12.1 Å². The molecule has 9 heteroatoms. The van der Waals surface area contributed by atoms with Crippen LogP contribution in [0.3, 0.4) is 0 Å². The normalized spacial score (nSPS) is 13.5. The summed E-state index contributed by atoms with van der Waals surface area (Å²) in [6.07, 6.45) is -5.78. The molecular formula is C15H20F3NO4S. The number of sulfone groups is 1. The van der Waals surface area contributed by atoms with E-state index < -0.39 is 37.4 Å². The molecule has 0 radical (unpaired) electrons. The summed E-state index contributed by atoms with van der Waals surface area (Å²) < 4.78 is 65.8. The van der Waals surface area contributed by atoms with Crippen LogP contribution in [0.4, 0.5) is 23.7 Å². The molecule has 1 aromatic rings. The van der Waals surface area contributed by atoms with Crippen molar-refractivity contribution < 1.29 is 31.1 Å². The first kappa shape index (κ1) is 20.3. The van der Waals surface area contributed by atoms with Gasteiger partial charge in [0, 0.05) is 5.69 Å². The maximum atomic E-state index is 13.0. The number of carbonyl (C=O) groups excluding carboxylic acids is 1. The van der Waals surface area contributed by atoms with Crippen molar-refractivity contribution in [2.75, 3.05) is 5.32 Å². The maximum absolute atomic E-state index is 13.0. The van der Waals surface area contributed by atoms with Gasteiger partial charge < -0.3 is 4.74 Å². The number of hydrogen-bond acceptors (Lipinski definition) is 4. The molecule has 1 rings (SSSR count). The fourth-order valence-electron chi connectivity index (χ4n) is 1.61. The summed E-state index contributed by atoms with van der Waals surface area (Å²) in [5.41, 5.74) is -0.755. The van der Waals surface area contributed by atoms with E-state index in [4.69, 9.17) is 4.74 Å². The highest BCUT2D eigenvalue weighted by Gasteiger charge is 2.57. The molecule has 1 aromatic carbocycles. The number of rotatable bonds is 3. The minimum absolute atomic E-state index is 0.0169. The predicted octanol–water partition coefficient (Wildman–Crippen LogP) is 4.15. The Balaban J connectivity index is 3.15. The van der Waals surface area contributed by atoms with Gasteiger partial charge in [-0.05, 0) is 52.8 Å². The van der Waals surface area contributed by atoms with Crippen LogP contribution in [-0.2, 0) is 14.6 Å². The second-order valence-corrected chi connectivity index (χ2v) is 9.17. The SMILES string of the molecule is CC(C)(C)OC(=O)Nc1cccc(S(=O)(=O)C(C)(C)C(F)(F)F)c1. The zero-order valence-corrected chi connectivity index (χ0v) is 14.8. The van der Waals surface area contributed by atoms with Gasteiger partial charge in [0.05, 0.1) is 4.90 Å². The smallest absolute Gasteiger partial charge is 0.412 e. The summed E-state index contributed by atoms with van der Waals surface area (Å²) in [4.78, 5) is 11.1.